The molecule has 1 aromatic carbocycles. The largest absolute Gasteiger partial charge is 0.396 e. The predicted octanol–water partition coefficient (Wildman–Crippen LogP) is 2.01. The molecule has 21 heavy (non-hydrogen) atoms. The molecule has 1 unspecified atom stereocenters. The number of methoxy groups -OCH3 is 1. The van der Waals surface area contributed by atoms with Gasteiger partial charge in [-0.05, 0) is 13.3 Å². The van der Waals surface area contributed by atoms with Gasteiger partial charge in [-0.2, -0.15) is 0 Å². The molecule has 0 heterocycles. The van der Waals surface area contributed by atoms with Crippen LogP contribution in [0, 0.1) is 17.5 Å². The SMILES string of the molecule is COCC(C)(CCO)NC(=O)Nc1cc(F)c(F)cc1F. The maximum absolute atomic E-state index is 13.4. The maximum atomic E-state index is 13.4. The molecular formula is C13H17F3N2O3. The Hall–Kier alpha value is -1.80. The molecule has 118 valence electrons. The standard InChI is InChI=1S/C13H17F3N2O3/c1-13(3-4-19,7-21-2)18-12(20)17-11-6-9(15)8(14)5-10(11)16/h5-6,19H,3-4,7H2,1-2H3,(H2,17,18,20). The Morgan fingerprint density at radius 2 is 1.90 bits per heavy atom. The van der Waals surface area contributed by atoms with Crippen molar-refractivity contribution in [1.29, 1.82) is 0 Å². The van der Waals surface area contributed by atoms with Crippen LogP contribution in [0.2, 0.25) is 0 Å². The van der Waals surface area contributed by atoms with E-state index in [9.17, 15) is 18.0 Å². The summed E-state index contributed by atoms with van der Waals surface area (Å²) in [5.74, 6) is -3.72. The average molecular weight is 306 g/mol. The van der Waals surface area contributed by atoms with E-state index in [0.29, 0.717) is 12.1 Å². The third kappa shape index (κ3) is 4.91. The van der Waals surface area contributed by atoms with Crippen molar-refractivity contribution in [2.24, 2.45) is 0 Å². The molecule has 0 radical (unpaired) electrons. The first-order chi connectivity index (χ1) is 9.81. The van der Waals surface area contributed by atoms with Crippen molar-refractivity contribution in [3.05, 3.63) is 29.6 Å². The van der Waals surface area contributed by atoms with E-state index in [4.69, 9.17) is 9.84 Å². The van der Waals surface area contributed by atoms with Crippen LogP contribution >= 0.6 is 0 Å². The van der Waals surface area contributed by atoms with Crippen molar-refractivity contribution in [3.8, 4) is 0 Å². The first kappa shape index (κ1) is 17.3. The molecule has 2 amide bonds. The minimum atomic E-state index is -1.34. The van der Waals surface area contributed by atoms with Crippen LogP contribution in [0.5, 0.6) is 0 Å². The minimum Gasteiger partial charge on any atom is -0.396 e. The van der Waals surface area contributed by atoms with Crippen LogP contribution in [0.4, 0.5) is 23.7 Å². The van der Waals surface area contributed by atoms with Gasteiger partial charge in [0.05, 0.1) is 17.8 Å². The zero-order valence-electron chi connectivity index (χ0n) is 11.7. The summed E-state index contributed by atoms with van der Waals surface area (Å²) in [6.07, 6.45) is 0.203. The summed E-state index contributed by atoms with van der Waals surface area (Å²) in [7, 11) is 1.42. The summed E-state index contributed by atoms with van der Waals surface area (Å²) in [5.41, 5.74) is -1.38. The third-order valence-corrected chi connectivity index (χ3v) is 2.80. The average Bonchev–Trinajstić information content (AvgIpc) is 2.36. The van der Waals surface area contributed by atoms with E-state index in [1.807, 2.05) is 0 Å². The summed E-state index contributed by atoms with van der Waals surface area (Å²) in [5, 5.41) is 13.5. The van der Waals surface area contributed by atoms with Crippen molar-refractivity contribution in [2.45, 2.75) is 18.9 Å². The lowest BCUT2D eigenvalue weighted by atomic mass is 10.00. The zero-order valence-corrected chi connectivity index (χ0v) is 11.7. The Kier molecular flexibility index (Phi) is 5.98. The molecule has 0 saturated carbocycles. The van der Waals surface area contributed by atoms with Crippen molar-refractivity contribution in [3.63, 3.8) is 0 Å². The summed E-state index contributed by atoms with van der Waals surface area (Å²) in [4.78, 5) is 11.8. The molecule has 1 atom stereocenters. The molecular weight excluding hydrogens is 289 g/mol. The van der Waals surface area contributed by atoms with E-state index in [1.54, 1.807) is 6.92 Å². The monoisotopic (exact) mass is 306 g/mol. The molecule has 0 spiro atoms. The van der Waals surface area contributed by atoms with Gasteiger partial charge in [0.15, 0.2) is 11.6 Å². The first-order valence-corrected chi connectivity index (χ1v) is 6.15. The van der Waals surface area contributed by atoms with Crippen molar-refractivity contribution in [1.82, 2.24) is 5.32 Å². The Bertz CT molecular complexity index is 506. The van der Waals surface area contributed by atoms with E-state index in [0.717, 1.165) is 0 Å². The van der Waals surface area contributed by atoms with E-state index in [-0.39, 0.29) is 19.6 Å². The summed E-state index contributed by atoms with van der Waals surface area (Å²) in [6.45, 7) is 1.54. The number of amides is 2. The number of rotatable bonds is 6. The molecule has 1 aromatic rings. The summed E-state index contributed by atoms with van der Waals surface area (Å²) in [6, 6.07) is 0.0599. The van der Waals surface area contributed by atoms with E-state index < -0.39 is 34.7 Å². The van der Waals surface area contributed by atoms with Gasteiger partial charge >= 0.3 is 6.03 Å². The highest BCUT2D eigenvalue weighted by Crippen LogP contribution is 2.19. The number of nitrogens with one attached hydrogen (secondary N) is 2. The lowest BCUT2D eigenvalue weighted by Gasteiger charge is -2.29. The fourth-order valence-electron chi connectivity index (χ4n) is 1.78. The number of ether oxygens (including phenoxy) is 1. The summed E-state index contributed by atoms with van der Waals surface area (Å²) < 4.78 is 44.1. The quantitative estimate of drug-likeness (QED) is 0.704. The molecule has 3 N–H and O–H groups in total. The van der Waals surface area contributed by atoms with Crippen LogP contribution < -0.4 is 10.6 Å². The van der Waals surface area contributed by atoms with Gasteiger partial charge in [-0.3, -0.25) is 0 Å². The number of benzene rings is 1. The Labute approximate surface area is 120 Å². The molecule has 0 fully saturated rings. The van der Waals surface area contributed by atoms with E-state index in [2.05, 4.69) is 10.6 Å². The molecule has 0 aromatic heterocycles. The maximum Gasteiger partial charge on any atom is 0.319 e. The number of carbonyl (C=O) groups excluding carboxylic acids is 1. The molecule has 8 heteroatoms. The zero-order chi connectivity index (χ0) is 16.0. The van der Waals surface area contributed by atoms with Gasteiger partial charge in [0.2, 0.25) is 0 Å². The number of urea groups is 1. The number of hydrogen-bond acceptors (Lipinski definition) is 3. The number of aliphatic hydroxyl groups is 1. The molecule has 0 bridgehead atoms. The first-order valence-electron chi connectivity index (χ1n) is 6.15. The lowest BCUT2D eigenvalue weighted by Crippen LogP contribution is -2.51. The van der Waals surface area contributed by atoms with E-state index in [1.165, 1.54) is 7.11 Å². The fraction of sp³-hybridized carbons (Fsp3) is 0.462. The normalized spacial score (nSPS) is 13.6. The van der Waals surface area contributed by atoms with Crippen LogP contribution in [-0.4, -0.2) is 37.0 Å². The summed E-state index contributed by atoms with van der Waals surface area (Å²) >= 11 is 0. The van der Waals surface area contributed by atoms with Crippen LogP contribution in [0.1, 0.15) is 13.3 Å². The Morgan fingerprint density at radius 1 is 1.29 bits per heavy atom. The van der Waals surface area contributed by atoms with Crippen LogP contribution in [0.3, 0.4) is 0 Å². The highest BCUT2D eigenvalue weighted by Gasteiger charge is 2.26. The molecule has 0 aliphatic heterocycles. The fourth-order valence-corrected chi connectivity index (χ4v) is 1.78. The van der Waals surface area contributed by atoms with Gasteiger partial charge in [-0.25, -0.2) is 18.0 Å². The Balaban J connectivity index is 2.79. The lowest BCUT2D eigenvalue weighted by molar-refractivity contribution is 0.104. The van der Waals surface area contributed by atoms with Gasteiger partial charge in [0.25, 0.3) is 0 Å². The Morgan fingerprint density at radius 3 is 2.48 bits per heavy atom. The second-order valence-electron chi connectivity index (χ2n) is 4.79. The van der Waals surface area contributed by atoms with Crippen molar-refractivity contribution < 1.29 is 27.8 Å². The second-order valence-corrected chi connectivity index (χ2v) is 4.79. The number of anilines is 1. The topological polar surface area (TPSA) is 70.6 Å². The highest BCUT2D eigenvalue weighted by molar-refractivity contribution is 5.89. The van der Waals surface area contributed by atoms with Gasteiger partial charge in [-0.1, -0.05) is 0 Å². The van der Waals surface area contributed by atoms with Crippen LogP contribution in [0.25, 0.3) is 0 Å². The molecule has 5 nitrogen and oxygen atoms in total. The van der Waals surface area contributed by atoms with Gasteiger partial charge in [0, 0.05) is 25.8 Å². The predicted molar refractivity (Wildman–Crippen MR) is 70.5 cm³/mol. The molecule has 0 aliphatic rings. The smallest absolute Gasteiger partial charge is 0.319 e. The van der Waals surface area contributed by atoms with Crippen LogP contribution in [0.15, 0.2) is 12.1 Å². The number of aliphatic hydroxyl groups excluding tert-OH is 1. The third-order valence-electron chi connectivity index (χ3n) is 2.80. The number of carbonyl (C=O) groups is 1. The highest BCUT2D eigenvalue weighted by atomic mass is 19.2. The van der Waals surface area contributed by atoms with Gasteiger partial charge in [-0.15, -0.1) is 0 Å². The molecule has 0 saturated heterocycles. The van der Waals surface area contributed by atoms with Gasteiger partial charge in [0.1, 0.15) is 5.82 Å². The number of hydrogen-bond donors (Lipinski definition) is 3. The van der Waals surface area contributed by atoms with Crippen molar-refractivity contribution in [2.75, 3.05) is 25.6 Å². The molecule has 1 rings (SSSR count). The number of halogens is 3. The van der Waals surface area contributed by atoms with E-state index >= 15 is 0 Å². The second kappa shape index (κ2) is 7.28. The van der Waals surface area contributed by atoms with Crippen LogP contribution in [-0.2, 0) is 4.74 Å². The molecule has 0 aliphatic carbocycles. The van der Waals surface area contributed by atoms with Gasteiger partial charge < -0.3 is 20.5 Å². The van der Waals surface area contributed by atoms with Crippen molar-refractivity contribution >= 4 is 11.7 Å². The minimum absolute atomic E-state index is 0.112.